The van der Waals surface area contributed by atoms with E-state index in [1.165, 1.54) is 0 Å². The largest absolute Gasteiger partial charge is 0.239 e. The lowest BCUT2D eigenvalue weighted by molar-refractivity contribution is -0.691. The van der Waals surface area contributed by atoms with Gasteiger partial charge >= 0.3 is 0 Å². The van der Waals surface area contributed by atoms with Crippen molar-refractivity contribution in [3.05, 3.63) is 0 Å². The number of hydrogen-bond donors (Lipinski definition) is 0. The Morgan fingerprint density at radius 1 is 0.458 bits per heavy atom. The van der Waals surface area contributed by atoms with Crippen molar-refractivity contribution in [3.8, 4) is 0 Å². The number of hydrogen-bond acceptors (Lipinski definition) is 4. The first kappa shape index (κ1) is 18.6. The SMILES string of the molecule is CC1(C)CCC(C)(C)C2(C1)OOC1(CC(C)(C)CCC1(C)C)OO2. The summed E-state index contributed by atoms with van der Waals surface area (Å²) in [6.07, 6.45) is 5.89. The normalized spacial score (nSPS) is 35.0. The molecule has 3 rings (SSSR count). The minimum atomic E-state index is -0.836. The average Bonchev–Trinajstić information content (AvgIpc) is 2.43. The van der Waals surface area contributed by atoms with Crippen LogP contribution in [-0.2, 0) is 19.6 Å². The molecule has 2 spiro atoms. The van der Waals surface area contributed by atoms with Crippen molar-refractivity contribution in [2.45, 2.75) is 105 Å². The Morgan fingerprint density at radius 2 is 0.750 bits per heavy atom. The topological polar surface area (TPSA) is 36.9 Å². The highest BCUT2D eigenvalue weighted by atomic mass is 17.4. The summed E-state index contributed by atoms with van der Waals surface area (Å²) in [5, 5.41) is 0. The van der Waals surface area contributed by atoms with Gasteiger partial charge < -0.3 is 0 Å². The number of rotatable bonds is 0. The van der Waals surface area contributed by atoms with Gasteiger partial charge in [0.15, 0.2) is 0 Å². The molecule has 0 N–H and O–H groups in total. The fraction of sp³-hybridized carbons (Fsp3) is 1.00. The van der Waals surface area contributed by atoms with Crippen molar-refractivity contribution in [2.75, 3.05) is 0 Å². The van der Waals surface area contributed by atoms with E-state index in [0.717, 1.165) is 38.5 Å². The monoisotopic (exact) mass is 340 g/mol. The highest BCUT2D eigenvalue weighted by Gasteiger charge is 2.65. The molecule has 0 aromatic heterocycles. The maximum absolute atomic E-state index is 6.13. The third-order valence-corrected chi connectivity index (χ3v) is 6.96. The molecule has 1 saturated heterocycles. The van der Waals surface area contributed by atoms with E-state index < -0.39 is 11.6 Å². The van der Waals surface area contributed by atoms with E-state index in [4.69, 9.17) is 19.6 Å². The standard InChI is InChI=1S/C20H36O4/c1-15(2)9-11-17(5,6)19(13-15)21-23-20(24-22-19)14-16(3,4)10-12-18(20,7)8/h9-14H2,1-8H3. The molecule has 1 heterocycles. The minimum absolute atomic E-state index is 0.147. The molecule has 2 saturated carbocycles. The van der Waals surface area contributed by atoms with Gasteiger partial charge in [-0.15, -0.1) is 0 Å². The van der Waals surface area contributed by atoms with Crippen molar-refractivity contribution in [2.24, 2.45) is 21.7 Å². The zero-order valence-corrected chi connectivity index (χ0v) is 16.9. The second-order valence-corrected chi connectivity index (χ2v) is 11.3. The first-order valence-corrected chi connectivity index (χ1v) is 9.48. The molecule has 0 atom stereocenters. The second kappa shape index (κ2) is 5.18. The summed E-state index contributed by atoms with van der Waals surface area (Å²) in [6, 6.07) is 0. The predicted molar refractivity (Wildman–Crippen MR) is 92.6 cm³/mol. The highest BCUT2D eigenvalue weighted by molar-refractivity contribution is 5.00. The zero-order valence-electron chi connectivity index (χ0n) is 16.9. The van der Waals surface area contributed by atoms with Gasteiger partial charge in [0.25, 0.3) is 0 Å². The molecule has 1 aliphatic heterocycles. The lowest BCUT2D eigenvalue weighted by atomic mass is 9.62. The van der Waals surface area contributed by atoms with Crippen LogP contribution in [0.2, 0.25) is 0 Å². The van der Waals surface area contributed by atoms with Gasteiger partial charge in [0.2, 0.25) is 11.6 Å². The molecule has 3 fully saturated rings. The lowest BCUT2D eigenvalue weighted by Crippen LogP contribution is -2.65. The van der Waals surface area contributed by atoms with Gasteiger partial charge in [-0.3, -0.25) is 0 Å². The van der Waals surface area contributed by atoms with Gasteiger partial charge in [-0.05, 0) is 36.5 Å². The van der Waals surface area contributed by atoms with Crippen LogP contribution in [0.3, 0.4) is 0 Å². The predicted octanol–water partition coefficient (Wildman–Crippen LogP) is 5.76. The summed E-state index contributed by atoms with van der Waals surface area (Å²) < 4.78 is 0. The Labute approximate surface area is 147 Å². The van der Waals surface area contributed by atoms with Gasteiger partial charge in [0.1, 0.15) is 0 Å². The van der Waals surface area contributed by atoms with Crippen molar-refractivity contribution < 1.29 is 19.6 Å². The molecule has 0 aromatic rings. The summed E-state index contributed by atoms with van der Waals surface area (Å²) in [6.45, 7) is 17.8. The molecule has 0 radical (unpaired) electrons. The van der Waals surface area contributed by atoms with E-state index >= 15 is 0 Å². The van der Waals surface area contributed by atoms with Crippen LogP contribution < -0.4 is 0 Å². The quantitative estimate of drug-likeness (QED) is 0.525. The lowest BCUT2D eigenvalue weighted by Gasteiger charge is -2.59. The van der Waals surface area contributed by atoms with E-state index in [-0.39, 0.29) is 21.7 Å². The van der Waals surface area contributed by atoms with Gasteiger partial charge in [-0.25, -0.2) is 0 Å². The third-order valence-electron chi connectivity index (χ3n) is 6.96. The smallest absolute Gasteiger partial charge is 0.194 e. The van der Waals surface area contributed by atoms with Crippen LogP contribution in [-0.4, -0.2) is 11.6 Å². The molecule has 4 nitrogen and oxygen atoms in total. The van der Waals surface area contributed by atoms with Crippen molar-refractivity contribution in [1.29, 1.82) is 0 Å². The fourth-order valence-electron chi connectivity index (χ4n) is 4.46. The summed E-state index contributed by atoms with van der Waals surface area (Å²) in [7, 11) is 0. The van der Waals surface area contributed by atoms with E-state index in [1.54, 1.807) is 0 Å². The van der Waals surface area contributed by atoms with Crippen LogP contribution in [0.4, 0.5) is 0 Å². The highest BCUT2D eigenvalue weighted by Crippen LogP contribution is 2.60. The van der Waals surface area contributed by atoms with Crippen molar-refractivity contribution >= 4 is 0 Å². The average molecular weight is 341 g/mol. The Morgan fingerprint density at radius 3 is 1.04 bits per heavy atom. The second-order valence-electron chi connectivity index (χ2n) is 11.3. The first-order chi connectivity index (χ1) is 10.7. The van der Waals surface area contributed by atoms with Crippen molar-refractivity contribution in [1.82, 2.24) is 0 Å². The van der Waals surface area contributed by atoms with Gasteiger partial charge in [0, 0.05) is 23.7 Å². The summed E-state index contributed by atoms with van der Waals surface area (Å²) >= 11 is 0. The minimum Gasteiger partial charge on any atom is -0.194 e. The van der Waals surface area contributed by atoms with Gasteiger partial charge in [0.05, 0.1) is 0 Å². The van der Waals surface area contributed by atoms with Crippen LogP contribution >= 0.6 is 0 Å². The van der Waals surface area contributed by atoms with E-state index in [1.807, 2.05) is 0 Å². The van der Waals surface area contributed by atoms with Crippen molar-refractivity contribution in [3.63, 3.8) is 0 Å². The maximum atomic E-state index is 6.13. The van der Waals surface area contributed by atoms with Crippen LogP contribution in [0, 0.1) is 21.7 Å². The third kappa shape index (κ3) is 2.84. The maximum Gasteiger partial charge on any atom is 0.239 e. The van der Waals surface area contributed by atoms with Crippen LogP contribution in [0.15, 0.2) is 0 Å². The molecule has 3 aliphatic rings. The molecular formula is C20H36O4. The van der Waals surface area contributed by atoms with E-state index in [9.17, 15) is 0 Å². The Hall–Kier alpha value is -0.160. The first-order valence-electron chi connectivity index (χ1n) is 9.48. The molecule has 0 aromatic carbocycles. The Balaban J connectivity index is 1.86. The van der Waals surface area contributed by atoms with Crippen LogP contribution in [0.5, 0.6) is 0 Å². The summed E-state index contributed by atoms with van der Waals surface area (Å²) in [4.78, 5) is 24.5. The molecule has 4 heteroatoms. The molecular weight excluding hydrogens is 304 g/mol. The van der Waals surface area contributed by atoms with Crippen LogP contribution in [0.1, 0.15) is 93.9 Å². The fourth-order valence-corrected chi connectivity index (χ4v) is 4.46. The molecule has 0 unspecified atom stereocenters. The zero-order chi connectivity index (χ0) is 18.1. The Kier molecular flexibility index (Phi) is 4.02. The molecule has 24 heavy (non-hydrogen) atoms. The van der Waals surface area contributed by atoms with E-state index in [0.29, 0.717) is 0 Å². The molecule has 140 valence electrons. The van der Waals surface area contributed by atoms with Gasteiger partial charge in [-0.2, -0.15) is 19.6 Å². The molecule has 2 aliphatic carbocycles. The Bertz CT molecular complexity index is 450. The summed E-state index contributed by atoms with van der Waals surface area (Å²) in [5.41, 5.74) is -0.0148. The van der Waals surface area contributed by atoms with E-state index in [2.05, 4.69) is 55.4 Å². The summed E-state index contributed by atoms with van der Waals surface area (Å²) in [5.74, 6) is -1.67. The molecule has 0 bridgehead atoms. The van der Waals surface area contributed by atoms with Crippen LogP contribution in [0.25, 0.3) is 0 Å². The molecule has 0 amide bonds. The van der Waals surface area contributed by atoms with Gasteiger partial charge in [-0.1, -0.05) is 55.4 Å².